The molecule has 1 rings (SSSR count). The molecule has 0 saturated heterocycles. The van der Waals surface area contributed by atoms with Gasteiger partial charge in [-0.15, -0.1) is 17.4 Å². The molecule has 1 aliphatic heterocycles. The minimum absolute atomic E-state index is 0.0427. The molecule has 0 amide bonds. The van der Waals surface area contributed by atoms with Gasteiger partial charge in [-0.3, -0.25) is 0 Å². The van der Waals surface area contributed by atoms with E-state index >= 15 is 0 Å². The normalized spacial score (nSPS) is 38.8. The molecular formula is C3H10F4N5P3. The minimum Gasteiger partial charge on any atom is -0.243 e. The number of rotatable bonds is 3. The fourth-order valence-corrected chi connectivity index (χ4v) is 7.41. The van der Waals surface area contributed by atoms with E-state index in [0.29, 0.717) is 0 Å². The van der Waals surface area contributed by atoms with Crippen LogP contribution in [0.25, 0.3) is 0 Å². The lowest BCUT2D eigenvalue weighted by molar-refractivity contribution is 0.716. The van der Waals surface area contributed by atoms with Crippen LogP contribution in [0.2, 0.25) is 0 Å². The molecule has 1 aliphatic rings. The third-order valence-electron chi connectivity index (χ3n) is 1.33. The Bertz CT molecular complexity index is 412. The van der Waals surface area contributed by atoms with Gasteiger partial charge in [0.2, 0.25) is 0 Å². The highest BCUT2D eigenvalue weighted by Crippen LogP contribution is 2.78. The first-order valence-electron chi connectivity index (χ1n) is 3.88. The molecule has 2 N–H and O–H groups in total. The third-order valence-corrected chi connectivity index (χ3v) is 8.14. The number of halogens is 4. The first-order valence-corrected chi connectivity index (χ1v) is 8.53. The van der Waals surface area contributed by atoms with E-state index in [1.807, 2.05) is 5.09 Å². The van der Waals surface area contributed by atoms with Crippen LogP contribution in [-0.4, -0.2) is 13.6 Å². The van der Waals surface area contributed by atoms with E-state index in [9.17, 15) is 16.8 Å². The number of hydrogen-bond acceptors (Lipinski definition) is 5. The van der Waals surface area contributed by atoms with Gasteiger partial charge in [-0.05, 0) is 7.05 Å². The molecule has 5 nitrogen and oxygen atoms in total. The average Bonchev–Trinajstić information content (AvgIpc) is 1.99. The van der Waals surface area contributed by atoms with Crippen molar-refractivity contribution in [3.63, 3.8) is 0 Å². The number of nitrogens with one attached hydrogen (secondary N) is 2. The van der Waals surface area contributed by atoms with Crippen molar-refractivity contribution in [3.05, 3.63) is 0 Å². The summed E-state index contributed by atoms with van der Waals surface area (Å²) >= 11 is 0. The second-order valence-electron chi connectivity index (χ2n) is 2.51. The zero-order chi connectivity index (χ0) is 11.7. The summed E-state index contributed by atoms with van der Waals surface area (Å²) in [5, 5.41) is 3.95. The summed E-state index contributed by atoms with van der Waals surface area (Å²) in [7, 11) is -12.8. The molecule has 0 bridgehead atoms. The van der Waals surface area contributed by atoms with Gasteiger partial charge in [-0.25, -0.2) is 10.2 Å². The molecule has 0 aromatic heterocycles. The standard InChI is InChI=1S/C3H10F4N5P3/c1-3-9-15(7)11-13(4,5)10-14(6,8-2)12-15/h8-9H,3H2,1-2H3. The summed E-state index contributed by atoms with van der Waals surface area (Å²) in [6.45, 7) is 1.54. The van der Waals surface area contributed by atoms with Crippen molar-refractivity contribution in [2.75, 3.05) is 13.6 Å². The average molecular weight is 285 g/mol. The molecule has 0 fully saturated rings. The summed E-state index contributed by atoms with van der Waals surface area (Å²) in [4.78, 5) is 0. The molecule has 12 heteroatoms. The van der Waals surface area contributed by atoms with Crippen molar-refractivity contribution in [3.8, 4) is 0 Å². The van der Waals surface area contributed by atoms with Gasteiger partial charge in [-0.2, -0.15) is 12.9 Å². The maximum Gasteiger partial charge on any atom is 0.423 e. The lowest BCUT2D eigenvalue weighted by atomic mass is 10.8. The highest BCUT2D eigenvalue weighted by atomic mass is 31.3. The van der Waals surface area contributed by atoms with Crippen molar-refractivity contribution in [2.24, 2.45) is 13.5 Å². The van der Waals surface area contributed by atoms with Gasteiger partial charge in [0, 0.05) is 6.54 Å². The van der Waals surface area contributed by atoms with Crippen molar-refractivity contribution in [2.45, 2.75) is 6.92 Å². The Morgan fingerprint density at radius 1 is 1.00 bits per heavy atom. The van der Waals surface area contributed by atoms with Crippen LogP contribution < -0.4 is 10.2 Å². The molecule has 0 aromatic rings. The first kappa shape index (κ1) is 13.4. The molecule has 2 unspecified atom stereocenters. The number of nitrogens with zero attached hydrogens (tertiary/aromatic N) is 3. The van der Waals surface area contributed by atoms with Gasteiger partial charge in [0.1, 0.15) is 0 Å². The van der Waals surface area contributed by atoms with Gasteiger partial charge in [0.25, 0.3) is 0 Å². The fourth-order valence-electron chi connectivity index (χ4n) is 0.850. The van der Waals surface area contributed by atoms with Gasteiger partial charge in [0.05, 0.1) is 0 Å². The van der Waals surface area contributed by atoms with Gasteiger partial charge in [-0.1, -0.05) is 6.92 Å². The van der Waals surface area contributed by atoms with Crippen LogP contribution in [-0.2, 0) is 0 Å². The molecule has 0 spiro atoms. The van der Waals surface area contributed by atoms with E-state index < -0.39 is 23.2 Å². The SMILES string of the molecule is CCNP1(F)=NP(F)(F)=NP(F)(NC)=N1. The molecule has 1 heterocycles. The molecule has 0 saturated carbocycles. The highest BCUT2D eigenvalue weighted by molar-refractivity contribution is 7.79. The smallest absolute Gasteiger partial charge is 0.243 e. The van der Waals surface area contributed by atoms with E-state index in [0.717, 1.165) is 7.05 Å². The van der Waals surface area contributed by atoms with Crippen molar-refractivity contribution >= 4 is 23.2 Å². The Balaban J connectivity index is 3.36. The Morgan fingerprint density at radius 3 is 2.07 bits per heavy atom. The predicted molar refractivity (Wildman–Crippen MR) is 55.2 cm³/mol. The van der Waals surface area contributed by atoms with E-state index in [4.69, 9.17) is 0 Å². The maximum absolute atomic E-state index is 13.7. The Labute approximate surface area is 85.0 Å². The monoisotopic (exact) mass is 285 g/mol. The van der Waals surface area contributed by atoms with Crippen LogP contribution in [0.5, 0.6) is 0 Å². The molecule has 90 valence electrons. The number of hydrogen-bond donors (Lipinski definition) is 2. The lowest BCUT2D eigenvalue weighted by Crippen LogP contribution is -2.07. The Kier molecular flexibility index (Phi) is 3.84. The van der Waals surface area contributed by atoms with Crippen LogP contribution in [0.3, 0.4) is 0 Å². The summed E-state index contributed by atoms with van der Waals surface area (Å²) < 4.78 is 61.2. The second kappa shape index (κ2) is 4.30. The maximum atomic E-state index is 13.7. The largest absolute Gasteiger partial charge is 0.423 e. The van der Waals surface area contributed by atoms with Crippen molar-refractivity contribution < 1.29 is 16.8 Å². The lowest BCUT2D eigenvalue weighted by Gasteiger charge is -2.20. The third kappa shape index (κ3) is 3.40. The van der Waals surface area contributed by atoms with E-state index in [1.54, 1.807) is 0 Å². The second-order valence-corrected chi connectivity index (χ2v) is 8.43. The van der Waals surface area contributed by atoms with Crippen molar-refractivity contribution in [1.29, 1.82) is 0 Å². The van der Waals surface area contributed by atoms with Gasteiger partial charge >= 0.3 is 23.2 Å². The van der Waals surface area contributed by atoms with Crippen LogP contribution >= 0.6 is 23.2 Å². The quantitative estimate of drug-likeness (QED) is 0.590. The molecule has 0 aliphatic carbocycles. The van der Waals surface area contributed by atoms with Crippen LogP contribution in [0, 0.1) is 0 Å². The highest BCUT2D eigenvalue weighted by Gasteiger charge is 2.37. The molecule has 15 heavy (non-hydrogen) atoms. The van der Waals surface area contributed by atoms with Crippen molar-refractivity contribution in [1.82, 2.24) is 10.2 Å². The van der Waals surface area contributed by atoms with E-state index in [2.05, 4.69) is 18.6 Å². The van der Waals surface area contributed by atoms with E-state index in [-0.39, 0.29) is 6.54 Å². The zero-order valence-corrected chi connectivity index (χ0v) is 10.6. The molecule has 0 radical (unpaired) electrons. The van der Waals surface area contributed by atoms with Gasteiger partial charge < -0.3 is 0 Å². The fraction of sp³-hybridized carbons (Fsp3) is 1.00. The molecule has 0 aromatic carbocycles. The summed E-state index contributed by atoms with van der Waals surface area (Å²) in [5.74, 6) is 0. The first-order chi connectivity index (χ1) is 6.74. The Morgan fingerprint density at radius 2 is 1.60 bits per heavy atom. The Hall–Kier alpha value is 0.330. The minimum atomic E-state index is -5.25. The van der Waals surface area contributed by atoms with E-state index in [1.165, 1.54) is 6.92 Å². The summed E-state index contributed by atoms with van der Waals surface area (Å²) in [6.07, 6.45) is 0. The zero-order valence-electron chi connectivity index (χ0n) is 7.90. The summed E-state index contributed by atoms with van der Waals surface area (Å²) in [5.41, 5.74) is 0. The topological polar surface area (TPSA) is 61.1 Å². The van der Waals surface area contributed by atoms with Gasteiger partial charge in [0.15, 0.2) is 0 Å². The van der Waals surface area contributed by atoms with Crippen LogP contribution in [0.15, 0.2) is 13.5 Å². The van der Waals surface area contributed by atoms with Crippen LogP contribution in [0.1, 0.15) is 6.92 Å². The predicted octanol–water partition coefficient (Wildman–Crippen LogP) is 4.55. The molecular weight excluding hydrogens is 275 g/mol. The van der Waals surface area contributed by atoms with Crippen LogP contribution in [0.4, 0.5) is 16.8 Å². The molecule has 2 atom stereocenters. The summed E-state index contributed by atoms with van der Waals surface area (Å²) in [6, 6.07) is 0.